The third-order valence-electron chi connectivity index (χ3n) is 1.55. The first-order valence-electron chi connectivity index (χ1n) is 3.45. The van der Waals surface area contributed by atoms with E-state index in [1.165, 1.54) is 7.05 Å². The number of hydrazone groups is 1. The van der Waals surface area contributed by atoms with Crippen molar-refractivity contribution in [3.8, 4) is 0 Å². The van der Waals surface area contributed by atoms with Crippen LogP contribution in [-0.4, -0.2) is 35.5 Å². The summed E-state index contributed by atoms with van der Waals surface area (Å²) in [5.41, 5.74) is 6.60. The molecule has 0 unspecified atom stereocenters. The van der Waals surface area contributed by atoms with Crippen molar-refractivity contribution in [2.45, 2.75) is 6.42 Å². The molecule has 7 heteroatoms. The number of hydrogen-bond donors (Lipinski definition) is 2. The third-order valence-corrected chi connectivity index (χ3v) is 1.55. The van der Waals surface area contributed by atoms with Crippen molar-refractivity contribution in [2.24, 2.45) is 10.8 Å². The highest BCUT2D eigenvalue weighted by atomic mass is 16.2. The van der Waals surface area contributed by atoms with Gasteiger partial charge in [-0.15, -0.1) is 0 Å². The Morgan fingerprint density at radius 1 is 1.62 bits per heavy atom. The summed E-state index contributed by atoms with van der Waals surface area (Å²) in [7, 11) is 1.34. The van der Waals surface area contributed by atoms with E-state index in [0.717, 1.165) is 4.90 Å². The predicted molar refractivity (Wildman–Crippen MR) is 42.5 cm³/mol. The fourth-order valence-electron chi connectivity index (χ4n) is 0.854. The van der Waals surface area contributed by atoms with Crippen molar-refractivity contribution in [3.63, 3.8) is 0 Å². The van der Waals surface area contributed by atoms with Gasteiger partial charge in [-0.2, -0.15) is 5.10 Å². The Labute approximate surface area is 73.6 Å². The number of urea groups is 1. The molecule has 1 aliphatic heterocycles. The van der Waals surface area contributed by atoms with Gasteiger partial charge >= 0.3 is 6.03 Å². The molecule has 0 atom stereocenters. The molecule has 3 N–H and O–H groups in total. The van der Waals surface area contributed by atoms with Crippen LogP contribution in [0, 0.1) is 0 Å². The highest BCUT2D eigenvalue weighted by Crippen LogP contribution is 2.06. The topological polar surface area (TPSA) is 105 Å². The summed E-state index contributed by atoms with van der Waals surface area (Å²) in [5.74, 6) is -0.867. The Balaban J connectivity index is 2.74. The van der Waals surface area contributed by atoms with E-state index in [4.69, 9.17) is 5.73 Å². The molecule has 7 nitrogen and oxygen atoms in total. The van der Waals surface area contributed by atoms with Crippen molar-refractivity contribution in [2.75, 3.05) is 7.05 Å². The SMILES string of the molecule is CN1C(=O)C/C(=N/NC(N)=O)C1=O. The zero-order chi connectivity index (χ0) is 10.0. The summed E-state index contributed by atoms with van der Waals surface area (Å²) in [4.78, 5) is 33.2. The standard InChI is InChI=1S/C6H8N4O3/c1-10-4(11)2-3(5(10)12)8-9-6(7)13/h2H2,1H3,(H3,7,9,13)/b8-3-. The lowest BCUT2D eigenvalue weighted by molar-refractivity contribution is -0.135. The second kappa shape index (κ2) is 3.21. The van der Waals surface area contributed by atoms with Crippen LogP contribution in [0.1, 0.15) is 6.42 Å². The summed E-state index contributed by atoms with van der Waals surface area (Å²) < 4.78 is 0. The largest absolute Gasteiger partial charge is 0.350 e. The molecule has 1 rings (SSSR count). The number of hydrogen-bond acceptors (Lipinski definition) is 4. The van der Waals surface area contributed by atoms with Gasteiger partial charge in [0.25, 0.3) is 5.91 Å². The Hall–Kier alpha value is -1.92. The Morgan fingerprint density at radius 2 is 2.23 bits per heavy atom. The molecule has 0 aromatic rings. The van der Waals surface area contributed by atoms with E-state index < -0.39 is 11.9 Å². The Kier molecular flexibility index (Phi) is 2.27. The number of likely N-dealkylation sites (tertiary alicyclic amines) is 1. The monoisotopic (exact) mass is 184 g/mol. The third kappa shape index (κ3) is 1.81. The van der Waals surface area contributed by atoms with Crippen LogP contribution in [0.2, 0.25) is 0 Å². The molecule has 0 saturated carbocycles. The second-order valence-electron chi connectivity index (χ2n) is 2.47. The first-order chi connectivity index (χ1) is 6.02. The molecular formula is C6H8N4O3. The summed E-state index contributed by atoms with van der Waals surface area (Å²) in [6.45, 7) is 0. The zero-order valence-corrected chi connectivity index (χ0v) is 6.90. The van der Waals surface area contributed by atoms with Crippen LogP contribution in [-0.2, 0) is 9.59 Å². The van der Waals surface area contributed by atoms with E-state index in [-0.39, 0.29) is 18.0 Å². The molecule has 0 aromatic heterocycles. The van der Waals surface area contributed by atoms with Crippen LogP contribution in [0.4, 0.5) is 4.79 Å². The molecule has 0 bridgehead atoms. The lowest BCUT2D eigenvalue weighted by Gasteiger charge is -2.01. The first kappa shape index (κ1) is 9.17. The van der Waals surface area contributed by atoms with Gasteiger partial charge in [0.15, 0.2) is 0 Å². The molecular weight excluding hydrogens is 176 g/mol. The number of amides is 4. The van der Waals surface area contributed by atoms with Crippen LogP contribution in [0.15, 0.2) is 5.10 Å². The van der Waals surface area contributed by atoms with Gasteiger partial charge in [-0.3, -0.25) is 14.5 Å². The fourth-order valence-corrected chi connectivity index (χ4v) is 0.854. The van der Waals surface area contributed by atoms with Gasteiger partial charge in [0.2, 0.25) is 5.91 Å². The van der Waals surface area contributed by atoms with Gasteiger partial charge < -0.3 is 5.73 Å². The van der Waals surface area contributed by atoms with E-state index >= 15 is 0 Å². The minimum atomic E-state index is -0.873. The van der Waals surface area contributed by atoms with E-state index in [1.54, 1.807) is 0 Å². The van der Waals surface area contributed by atoms with E-state index in [1.807, 2.05) is 5.43 Å². The maximum atomic E-state index is 11.1. The maximum absolute atomic E-state index is 11.1. The second-order valence-corrected chi connectivity index (χ2v) is 2.47. The van der Waals surface area contributed by atoms with Gasteiger partial charge in [0.05, 0.1) is 6.42 Å². The number of carbonyl (C=O) groups is 3. The summed E-state index contributed by atoms with van der Waals surface area (Å²) in [5, 5.41) is 3.38. The fraction of sp³-hybridized carbons (Fsp3) is 0.333. The average molecular weight is 184 g/mol. The Bertz CT molecular complexity index is 309. The van der Waals surface area contributed by atoms with Gasteiger partial charge in [0.1, 0.15) is 5.71 Å². The van der Waals surface area contributed by atoms with Crippen molar-refractivity contribution in [3.05, 3.63) is 0 Å². The first-order valence-corrected chi connectivity index (χ1v) is 3.45. The van der Waals surface area contributed by atoms with Gasteiger partial charge in [0, 0.05) is 7.05 Å². The summed E-state index contributed by atoms with van der Waals surface area (Å²) in [6.07, 6.45) is -0.102. The molecule has 0 aliphatic carbocycles. The number of nitrogens with two attached hydrogens (primary N) is 1. The number of nitrogens with one attached hydrogen (secondary N) is 1. The normalized spacial score (nSPS) is 19.8. The van der Waals surface area contributed by atoms with Crippen LogP contribution < -0.4 is 11.2 Å². The number of rotatable bonds is 1. The quantitative estimate of drug-likeness (QED) is 0.378. The molecule has 1 aliphatic rings. The molecule has 70 valence electrons. The molecule has 1 fully saturated rings. The van der Waals surface area contributed by atoms with Crippen molar-refractivity contribution in [1.29, 1.82) is 0 Å². The number of nitrogens with zero attached hydrogens (tertiary/aromatic N) is 2. The molecule has 0 radical (unpaired) electrons. The lowest BCUT2D eigenvalue weighted by atomic mass is 10.3. The molecule has 4 amide bonds. The van der Waals surface area contributed by atoms with E-state index in [9.17, 15) is 14.4 Å². The van der Waals surface area contributed by atoms with Crippen molar-refractivity contribution in [1.82, 2.24) is 10.3 Å². The molecule has 13 heavy (non-hydrogen) atoms. The summed E-state index contributed by atoms with van der Waals surface area (Å²) >= 11 is 0. The van der Waals surface area contributed by atoms with Crippen molar-refractivity contribution < 1.29 is 14.4 Å². The number of primary amides is 1. The minimum Gasteiger partial charge on any atom is -0.350 e. The van der Waals surface area contributed by atoms with Gasteiger partial charge in [-0.1, -0.05) is 0 Å². The molecule has 0 spiro atoms. The van der Waals surface area contributed by atoms with Crippen LogP contribution in [0.3, 0.4) is 0 Å². The van der Waals surface area contributed by atoms with Gasteiger partial charge in [-0.05, 0) is 0 Å². The molecule has 1 heterocycles. The number of carbonyl (C=O) groups excluding carboxylic acids is 3. The molecule has 1 saturated heterocycles. The van der Waals surface area contributed by atoms with Crippen LogP contribution in [0.5, 0.6) is 0 Å². The highest BCUT2D eigenvalue weighted by Gasteiger charge is 2.32. The Morgan fingerprint density at radius 3 is 2.62 bits per heavy atom. The zero-order valence-electron chi connectivity index (χ0n) is 6.90. The van der Waals surface area contributed by atoms with Crippen LogP contribution >= 0.6 is 0 Å². The van der Waals surface area contributed by atoms with E-state index in [2.05, 4.69) is 5.10 Å². The minimum absolute atomic E-state index is 0.00806. The van der Waals surface area contributed by atoms with Crippen LogP contribution in [0.25, 0.3) is 0 Å². The van der Waals surface area contributed by atoms with Crippen molar-refractivity contribution >= 4 is 23.6 Å². The number of imide groups is 1. The van der Waals surface area contributed by atoms with E-state index in [0.29, 0.717) is 0 Å². The maximum Gasteiger partial charge on any atom is 0.332 e. The average Bonchev–Trinajstić information content (AvgIpc) is 2.29. The van der Waals surface area contributed by atoms with Gasteiger partial charge in [-0.25, -0.2) is 10.2 Å². The smallest absolute Gasteiger partial charge is 0.332 e. The molecule has 0 aromatic carbocycles. The highest BCUT2D eigenvalue weighted by molar-refractivity contribution is 6.48. The summed E-state index contributed by atoms with van der Waals surface area (Å²) in [6, 6.07) is -0.873. The lowest BCUT2D eigenvalue weighted by Crippen LogP contribution is -2.29. The predicted octanol–water partition coefficient (Wildman–Crippen LogP) is -1.60.